The van der Waals surface area contributed by atoms with Crippen LogP contribution in [0.3, 0.4) is 0 Å². The van der Waals surface area contributed by atoms with Crippen molar-refractivity contribution in [1.29, 1.82) is 0 Å². The van der Waals surface area contributed by atoms with E-state index in [1.807, 2.05) is 17.0 Å². The second-order valence-electron chi connectivity index (χ2n) is 4.30. The van der Waals surface area contributed by atoms with E-state index in [9.17, 15) is 9.59 Å². The molecule has 1 heterocycles. The molecular formula is C15H22N2O4. The Morgan fingerprint density at radius 1 is 1.00 bits per heavy atom. The number of pyridine rings is 1. The van der Waals surface area contributed by atoms with Crippen LogP contribution in [0.2, 0.25) is 0 Å². The Morgan fingerprint density at radius 2 is 1.48 bits per heavy atom. The molecule has 6 heteroatoms. The fourth-order valence-electron chi connectivity index (χ4n) is 1.84. The van der Waals surface area contributed by atoms with Crippen LogP contribution in [0.1, 0.15) is 26.7 Å². The van der Waals surface area contributed by atoms with Crippen molar-refractivity contribution in [3.63, 3.8) is 0 Å². The quantitative estimate of drug-likeness (QED) is 0.647. The molecule has 21 heavy (non-hydrogen) atoms. The van der Waals surface area contributed by atoms with Gasteiger partial charge in [0.1, 0.15) is 0 Å². The van der Waals surface area contributed by atoms with Crippen molar-refractivity contribution in [2.24, 2.45) is 0 Å². The smallest absolute Gasteiger partial charge is 0.307 e. The Kier molecular flexibility index (Phi) is 7.86. The van der Waals surface area contributed by atoms with Gasteiger partial charge < -0.3 is 14.4 Å². The molecule has 1 aromatic heterocycles. The van der Waals surface area contributed by atoms with Crippen molar-refractivity contribution in [3.8, 4) is 0 Å². The third-order valence-corrected chi connectivity index (χ3v) is 2.81. The maximum atomic E-state index is 11.5. The lowest BCUT2D eigenvalue weighted by molar-refractivity contribution is -0.143. The monoisotopic (exact) mass is 294 g/mol. The van der Waals surface area contributed by atoms with Crippen molar-refractivity contribution < 1.29 is 19.1 Å². The van der Waals surface area contributed by atoms with Gasteiger partial charge in [-0.1, -0.05) is 0 Å². The molecule has 116 valence electrons. The Bertz CT molecular complexity index is 415. The summed E-state index contributed by atoms with van der Waals surface area (Å²) >= 11 is 0. The summed E-state index contributed by atoms with van der Waals surface area (Å²) in [5.74, 6) is -0.486. The highest BCUT2D eigenvalue weighted by Gasteiger charge is 2.12. The molecule has 0 aromatic carbocycles. The molecule has 0 bridgehead atoms. The molecule has 0 unspecified atom stereocenters. The molecule has 1 rings (SSSR count). The van der Waals surface area contributed by atoms with Gasteiger partial charge in [-0.3, -0.25) is 14.6 Å². The van der Waals surface area contributed by atoms with Gasteiger partial charge in [-0.2, -0.15) is 0 Å². The number of nitrogens with zero attached hydrogens (tertiary/aromatic N) is 2. The summed E-state index contributed by atoms with van der Waals surface area (Å²) in [5, 5.41) is 0. The van der Waals surface area contributed by atoms with E-state index in [0.717, 1.165) is 5.69 Å². The molecule has 1 aromatic rings. The first-order chi connectivity index (χ1) is 10.2. The third-order valence-electron chi connectivity index (χ3n) is 2.81. The molecule has 0 amide bonds. The lowest BCUT2D eigenvalue weighted by Crippen LogP contribution is -2.29. The van der Waals surface area contributed by atoms with Crippen molar-refractivity contribution in [3.05, 3.63) is 24.5 Å². The summed E-state index contributed by atoms with van der Waals surface area (Å²) in [7, 11) is 0. The predicted octanol–water partition coefficient (Wildman–Crippen LogP) is 1.79. The first-order valence-corrected chi connectivity index (χ1v) is 7.13. The lowest BCUT2D eigenvalue weighted by Gasteiger charge is -2.23. The van der Waals surface area contributed by atoms with E-state index < -0.39 is 0 Å². The molecule has 0 spiro atoms. The summed E-state index contributed by atoms with van der Waals surface area (Å²) < 4.78 is 9.85. The molecule has 6 nitrogen and oxygen atoms in total. The molecule has 0 saturated carbocycles. The highest BCUT2D eigenvalue weighted by atomic mass is 16.5. The standard InChI is InChI=1S/C15H22N2O4/c1-3-20-14(18)7-11-17(12-8-15(19)21-4-2)13-5-9-16-10-6-13/h5-6,9-10H,3-4,7-8,11-12H2,1-2H3. The number of carbonyl (C=O) groups excluding carboxylic acids is 2. The van der Waals surface area contributed by atoms with E-state index in [1.54, 1.807) is 26.2 Å². The minimum Gasteiger partial charge on any atom is -0.466 e. The molecule has 0 fully saturated rings. The van der Waals surface area contributed by atoms with Crippen LogP contribution in [-0.2, 0) is 19.1 Å². The molecule has 0 saturated heterocycles. The van der Waals surface area contributed by atoms with Crippen LogP contribution >= 0.6 is 0 Å². The van der Waals surface area contributed by atoms with Crippen molar-refractivity contribution in [2.75, 3.05) is 31.2 Å². The van der Waals surface area contributed by atoms with E-state index in [4.69, 9.17) is 9.47 Å². The van der Waals surface area contributed by atoms with Crippen molar-refractivity contribution >= 4 is 17.6 Å². The van der Waals surface area contributed by atoms with Gasteiger partial charge in [-0.15, -0.1) is 0 Å². The van der Waals surface area contributed by atoms with Gasteiger partial charge >= 0.3 is 11.9 Å². The van der Waals surface area contributed by atoms with Crippen LogP contribution in [-0.4, -0.2) is 43.2 Å². The zero-order valence-electron chi connectivity index (χ0n) is 12.6. The van der Waals surface area contributed by atoms with E-state index in [0.29, 0.717) is 26.3 Å². The summed E-state index contributed by atoms with van der Waals surface area (Å²) in [6.45, 7) is 5.27. The SMILES string of the molecule is CCOC(=O)CCN(CCC(=O)OCC)c1ccncc1. The van der Waals surface area contributed by atoms with E-state index in [-0.39, 0.29) is 24.8 Å². The highest BCUT2D eigenvalue weighted by Crippen LogP contribution is 2.13. The average molecular weight is 294 g/mol. The Hall–Kier alpha value is -2.11. The van der Waals surface area contributed by atoms with Crippen LogP contribution in [0.4, 0.5) is 5.69 Å². The van der Waals surface area contributed by atoms with Crippen LogP contribution in [0.15, 0.2) is 24.5 Å². The van der Waals surface area contributed by atoms with Gasteiger partial charge in [-0.25, -0.2) is 0 Å². The molecule has 0 aliphatic carbocycles. The number of hydrogen-bond donors (Lipinski definition) is 0. The van der Waals surface area contributed by atoms with Crippen LogP contribution in [0.5, 0.6) is 0 Å². The van der Waals surface area contributed by atoms with E-state index >= 15 is 0 Å². The number of ether oxygens (including phenoxy) is 2. The number of carbonyl (C=O) groups is 2. The van der Waals surface area contributed by atoms with Crippen LogP contribution in [0.25, 0.3) is 0 Å². The summed E-state index contributed by atoms with van der Waals surface area (Å²) in [6.07, 6.45) is 3.91. The average Bonchev–Trinajstić information content (AvgIpc) is 2.49. The van der Waals surface area contributed by atoms with E-state index in [1.165, 1.54) is 0 Å². The maximum absolute atomic E-state index is 11.5. The molecular weight excluding hydrogens is 272 g/mol. The fraction of sp³-hybridized carbons (Fsp3) is 0.533. The van der Waals surface area contributed by atoms with E-state index in [2.05, 4.69) is 4.98 Å². The number of rotatable bonds is 9. The third kappa shape index (κ3) is 6.74. The molecule has 0 N–H and O–H groups in total. The van der Waals surface area contributed by atoms with Gasteiger partial charge in [0.25, 0.3) is 0 Å². The zero-order valence-corrected chi connectivity index (χ0v) is 12.6. The van der Waals surface area contributed by atoms with Gasteiger partial charge in [0.05, 0.1) is 26.1 Å². The normalized spacial score (nSPS) is 10.0. The lowest BCUT2D eigenvalue weighted by atomic mass is 10.2. The minimum atomic E-state index is -0.243. The second kappa shape index (κ2) is 9.74. The summed E-state index contributed by atoms with van der Waals surface area (Å²) in [6, 6.07) is 3.69. The fourth-order valence-corrected chi connectivity index (χ4v) is 1.84. The van der Waals surface area contributed by atoms with Gasteiger partial charge in [0, 0.05) is 31.2 Å². The van der Waals surface area contributed by atoms with Crippen molar-refractivity contribution in [1.82, 2.24) is 4.98 Å². The maximum Gasteiger partial charge on any atom is 0.307 e. The van der Waals surface area contributed by atoms with Crippen molar-refractivity contribution in [2.45, 2.75) is 26.7 Å². The second-order valence-corrected chi connectivity index (χ2v) is 4.30. The topological polar surface area (TPSA) is 68.7 Å². The number of hydrogen-bond acceptors (Lipinski definition) is 6. The molecule has 0 atom stereocenters. The first-order valence-electron chi connectivity index (χ1n) is 7.13. The minimum absolute atomic E-state index is 0.243. The van der Waals surface area contributed by atoms with Gasteiger partial charge in [0.15, 0.2) is 0 Å². The van der Waals surface area contributed by atoms with Crippen LogP contribution < -0.4 is 4.90 Å². The zero-order chi connectivity index (χ0) is 15.5. The highest BCUT2D eigenvalue weighted by molar-refractivity contribution is 5.71. The largest absolute Gasteiger partial charge is 0.466 e. The Labute approximate surface area is 125 Å². The van der Waals surface area contributed by atoms with Gasteiger partial charge in [0.2, 0.25) is 0 Å². The number of aromatic nitrogens is 1. The Morgan fingerprint density at radius 3 is 1.90 bits per heavy atom. The molecule has 0 aliphatic heterocycles. The van der Waals surface area contributed by atoms with Crippen LogP contribution in [0, 0.1) is 0 Å². The number of anilines is 1. The molecule has 0 aliphatic rings. The predicted molar refractivity (Wildman–Crippen MR) is 79.0 cm³/mol. The summed E-state index contributed by atoms with van der Waals surface area (Å²) in [4.78, 5) is 28.9. The number of esters is 2. The Balaban J connectivity index is 2.58. The van der Waals surface area contributed by atoms with Gasteiger partial charge in [-0.05, 0) is 26.0 Å². The molecule has 0 radical (unpaired) electrons. The summed E-state index contributed by atoms with van der Waals surface area (Å²) in [5.41, 5.74) is 0.915. The first kappa shape index (κ1) is 16.9.